The van der Waals surface area contributed by atoms with E-state index >= 15 is 0 Å². The fourth-order valence-corrected chi connectivity index (χ4v) is 4.96. The average molecular weight is 437 g/mol. The van der Waals surface area contributed by atoms with Crippen LogP contribution in [-0.2, 0) is 19.4 Å². The number of aromatic nitrogens is 4. The number of nitrogens with one attached hydrogen (secondary N) is 1. The van der Waals surface area contributed by atoms with Gasteiger partial charge in [0, 0.05) is 36.7 Å². The van der Waals surface area contributed by atoms with E-state index in [2.05, 4.69) is 25.3 Å². The molecule has 8 heteroatoms. The highest BCUT2D eigenvalue weighted by molar-refractivity contribution is 5.88. The first-order valence-corrected chi connectivity index (χ1v) is 11.7. The minimum absolute atomic E-state index is 0.0111. The van der Waals surface area contributed by atoms with E-state index in [0.29, 0.717) is 18.1 Å². The van der Waals surface area contributed by atoms with Crippen molar-refractivity contribution in [2.24, 2.45) is 0 Å². The van der Waals surface area contributed by atoms with Gasteiger partial charge in [0.15, 0.2) is 0 Å². The van der Waals surface area contributed by atoms with Gasteiger partial charge in [0.1, 0.15) is 18.0 Å². The Morgan fingerprint density at radius 3 is 2.91 bits per heavy atom. The molecule has 168 valence electrons. The second-order valence-corrected chi connectivity index (χ2v) is 8.83. The van der Waals surface area contributed by atoms with Crippen LogP contribution < -0.4 is 10.9 Å². The number of benzene rings is 1. The van der Waals surface area contributed by atoms with Crippen LogP contribution in [-0.4, -0.2) is 50.3 Å². The first-order chi connectivity index (χ1) is 15.7. The van der Waals surface area contributed by atoms with Crippen LogP contribution in [0.5, 0.6) is 0 Å². The minimum atomic E-state index is -0.299. The molecule has 3 heterocycles. The summed E-state index contributed by atoms with van der Waals surface area (Å²) in [7, 11) is 0. The molecule has 1 aliphatic heterocycles. The van der Waals surface area contributed by atoms with E-state index in [1.165, 1.54) is 31.3 Å². The van der Waals surface area contributed by atoms with E-state index in [0.717, 1.165) is 74.2 Å². The third-order valence-electron chi connectivity index (χ3n) is 6.73. The number of hydrogen-bond acceptors (Lipinski definition) is 6. The molecule has 1 unspecified atom stereocenters. The zero-order valence-electron chi connectivity index (χ0n) is 18.3. The third-order valence-corrected chi connectivity index (χ3v) is 6.73. The lowest BCUT2D eigenvalue weighted by atomic mass is 9.97. The first-order valence-electron chi connectivity index (χ1n) is 11.7. The van der Waals surface area contributed by atoms with Gasteiger partial charge in [-0.1, -0.05) is 6.42 Å². The second kappa shape index (κ2) is 9.32. The Hall–Kier alpha value is -2.87. The first kappa shape index (κ1) is 21.0. The molecule has 5 rings (SSSR count). The molecule has 1 aliphatic carbocycles. The van der Waals surface area contributed by atoms with Crippen LogP contribution in [0.15, 0.2) is 35.4 Å². The van der Waals surface area contributed by atoms with Crippen molar-refractivity contribution in [3.8, 4) is 0 Å². The summed E-state index contributed by atoms with van der Waals surface area (Å²) in [6, 6.07) is 6.73. The van der Waals surface area contributed by atoms with Crippen LogP contribution in [0.25, 0.3) is 10.9 Å². The maximum absolute atomic E-state index is 13.5. The Balaban J connectivity index is 1.26. The van der Waals surface area contributed by atoms with E-state index in [-0.39, 0.29) is 11.4 Å². The summed E-state index contributed by atoms with van der Waals surface area (Å²) in [6.07, 6.45) is 9.17. The lowest BCUT2D eigenvalue weighted by Crippen LogP contribution is -2.45. The fourth-order valence-electron chi connectivity index (χ4n) is 4.96. The monoisotopic (exact) mass is 436 g/mol. The molecule has 3 aromatic rings. The lowest BCUT2D eigenvalue weighted by molar-refractivity contribution is 0.147. The van der Waals surface area contributed by atoms with Crippen molar-refractivity contribution >= 4 is 16.7 Å². The number of likely N-dealkylation sites (tertiary alicyclic amines) is 1. The Morgan fingerprint density at radius 2 is 1.97 bits per heavy atom. The Kier molecular flexibility index (Phi) is 6.12. The van der Waals surface area contributed by atoms with E-state index in [4.69, 9.17) is 0 Å². The van der Waals surface area contributed by atoms with Gasteiger partial charge in [-0.15, -0.1) is 0 Å². The molecule has 7 nitrogen and oxygen atoms in total. The molecular formula is C24H29FN6O. The maximum atomic E-state index is 13.5. The van der Waals surface area contributed by atoms with Crippen molar-refractivity contribution in [1.82, 2.24) is 24.6 Å². The van der Waals surface area contributed by atoms with Crippen molar-refractivity contribution < 1.29 is 4.39 Å². The van der Waals surface area contributed by atoms with Crippen molar-refractivity contribution in [2.45, 2.75) is 57.5 Å². The van der Waals surface area contributed by atoms with Crippen LogP contribution in [0, 0.1) is 5.82 Å². The Labute approximate surface area is 186 Å². The zero-order valence-corrected chi connectivity index (χ0v) is 18.3. The third kappa shape index (κ3) is 4.50. The highest BCUT2D eigenvalue weighted by atomic mass is 19.1. The van der Waals surface area contributed by atoms with Gasteiger partial charge in [0.05, 0.1) is 17.8 Å². The predicted octanol–water partition coefficient (Wildman–Crippen LogP) is 3.17. The van der Waals surface area contributed by atoms with Crippen LogP contribution in [0.2, 0.25) is 0 Å². The number of anilines is 1. The van der Waals surface area contributed by atoms with Gasteiger partial charge in [-0.2, -0.15) is 5.10 Å². The normalized spacial score (nSPS) is 19.1. The number of piperidine rings is 1. The maximum Gasteiger partial charge on any atom is 0.267 e. The summed E-state index contributed by atoms with van der Waals surface area (Å²) in [6.45, 7) is 3.17. The van der Waals surface area contributed by atoms with Gasteiger partial charge < -0.3 is 5.32 Å². The lowest BCUT2D eigenvalue weighted by Gasteiger charge is -2.36. The Morgan fingerprint density at radius 1 is 1.06 bits per heavy atom. The summed E-state index contributed by atoms with van der Waals surface area (Å²) in [5.41, 5.74) is 2.84. The molecule has 0 amide bonds. The molecule has 2 aromatic heterocycles. The van der Waals surface area contributed by atoms with Gasteiger partial charge >= 0.3 is 0 Å². The second-order valence-electron chi connectivity index (χ2n) is 8.83. The summed E-state index contributed by atoms with van der Waals surface area (Å²) >= 11 is 0. The minimum Gasteiger partial charge on any atom is -0.368 e. The molecule has 0 radical (unpaired) electrons. The highest BCUT2D eigenvalue weighted by Gasteiger charge is 2.23. The highest BCUT2D eigenvalue weighted by Crippen LogP contribution is 2.22. The summed E-state index contributed by atoms with van der Waals surface area (Å²) in [5, 5.41) is 8.95. The topological polar surface area (TPSA) is 75.9 Å². The number of fused-ring (bicyclic) bond motifs is 2. The number of aryl methyl sites for hydroxylation is 2. The summed E-state index contributed by atoms with van der Waals surface area (Å²) in [5.74, 6) is 0.430. The quantitative estimate of drug-likeness (QED) is 0.640. The van der Waals surface area contributed by atoms with Gasteiger partial charge in [-0.05, 0) is 62.8 Å². The van der Waals surface area contributed by atoms with Crippen molar-refractivity contribution in [1.29, 1.82) is 0 Å². The van der Waals surface area contributed by atoms with Crippen LogP contribution in [0.4, 0.5) is 10.2 Å². The molecule has 2 aliphatic rings. The molecule has 0 saturated carbocycles. The largest absolute Gasteiger partial charge is 0.368 e. The summed E-state index contributed by atoms with van der Waals surface area (Å²) in [4.78, 5) is 23.5. The molecule has 0 spiro atoms. The van der Waals surface area contributed by atoms with Crippen molar-refractivity contribution in [3.63, 3.8) is 0 Å². The van der Waals surface area contributed by atoms with E-state index < -0.39 is 0 Å². The number of nitrogens with zero attached hydrogens (tertiary/aromatic N) is 5. The van der Waals surface area contributed by atoms with Crippen LogP contribution in [0.1, 0.15) is 43.4 Å². The van der Waals surface area contributed by atoms with Gasteiger partial charge in [-0.25, -0.2) is 19.0 Å². The molecule has 1 saturated heterocycles. The fraction of sp³-hybridized carbons (Fsp3) is 0.500. The molecular weight excluding hydrogens is 407 g/mol. The molecule has 1 atom stereocenters. The van der Waals surface area contributed by atoms with Crippen molar-refractivity contribution in [3.05, 3.63) is 58.0 Å². The van der Waals surface area contributed by atoms with E-state index in [1.54, 1.807) is 16.8 Å². The molecule has 32 heavy (non-hydrogen) atoms. The predicted molar refractivity (Wildman–Crippen MR) is 122 cm³/mol. The van der Waals surface area contributed by atoms with E-state index in [9.17, 15) is 9.18 Å². The van der Waals surface area contributed by atoms with Crippen LogP contribution in [0.3, 0.4) is 0 Å². The number of rotatable bonds is 6. The molecule has 1 N–H and O–H groups in total. The SMILES string of the molecule is O=c1cc2c(nn1CCN1CCCCC1CNc1ncnc3cc(F)ccc13)CCCC2. The number of hydrogen-bond donors (Lipinski definition) is 1. The smallest absolute Gasteiger partial charge is 0.267 e. The van der Waals surface area contributed by atoms with Crippen molar-refractivity contribution in [2.75, 3.05) is 25.0 Å². The standard InChI is InChI=1S/C24H29FN6O/c25-18-8-9-20-22(14-18)27-16-28-24(20)26-15-19-6-3-4-10-30(19)11-12-31-23(32)13-17-5-1-2-7-21(17)29-31/h8-9,13-14,16,19H,1-7,10-12,15H2,(H,26,27,28). The Bertz CT molecular complexity index is 1160. The molecule has 0 bridgehead atoms. The molecule has 1 aromatic carbocycles. The zero-order chi connectivity index (χ0) is 21.9. The summed E-state index contributed by atoms with van der Waals surface area (Å²) < 4.78 is 15.2. The van der Waals surface area contributed by atoms with Gasteiger partial charge in [0.2, 0.25) is 0 Å². The molecule has 1 fully saturated rings. The van der Waals surface area contributed by atoms with Gasteiger partial charge in [-0.3, -0.25) is 9.69 Å². The number of halogens is 1. The van der Waals surface area contributed by atoms with E-state index in [1.807, 2.05) is 0 Å². The van der Waals surface area contributed by atoms with Crippen LogP contribution >= 0.6 is 0 Å². The average Bonchev–Trinajstić information content (AvgIpc) is 2.81. The van der Waals surface area contributed by atoms with Gasteiger partial charge in [0.25, 0.3) is 5.56 Å².